The average molecular weight is 1030 g/mol. The number of unbranched alkanes of at least 4 members (excludes halogenated alkanes) is 43. The van der Waals surface area contributed by atoms with Gasteiger partial charge in [0, 0.05) is 19.3 Å². The fraction of sp³-hybridized carbons (Fsp3) is 0.866. The van der Waals surface area contributed by atoms with Crippen LogP contribution in [-0.2, 0) is 28.6 Å². The molecule has 6 heteroatoms. The first-order chi connectivity index (χ1) is 36.0. The summed E-state index contributed by atoms with van der Waals surface area (Å²) in [5, 5.41) is 0. The van der Waals surface area contributed by atoms with Crippen LogP contribution in [0, 0.1) is 0 Å². The van der Waals surface area contributed by atoms with E-state index in [2.05, 4.69) is 57.2 Å². The van der Waals surface area contributed by atoms with Gasteiger partial charge in [0.2, 0.25) is 0 Å². The van der Waals surface area contributed by atoms with Gasteiger partial charge in [0.15, 0.2) is 6.10 Å². The van der Waals surface area contributed by atoms with Crippen molar-refractivity contribution < 1.29 is 28.6 Å². The summed E-state index contributed by atoms with van der Waals surface area (Å²) >= 11 is 0. The Morgan fingerprint density at radius 1 is 0.274 bits per heavy atom. The SMILES string of the molecule is CCCCCCC/C=C\C/C=C\C/C=C\CCCCCCCCCCCCC(=O)OCC(COC(=O)CCCCCCCCCCCCCCCCC)OC(=O)CCCCCCCCCCCCCCCCC. The molecule has 428 valence electrons. The van der Waals surface area contributed by atoms with Gasteiger partial charge in [-0.3, -0.25) is 14.4 Å². The van der Waals surface area contributed by atoms with Crippen molar-refractivity contribution >= 4 is 17.9 Å². The molecule has 1 atom stereocenters. The summed E-state index contributed by atoms with van der Waals surface area (Å²) in [6, 6.07) is 0. The van der Waals surface area contributed by atoms with Crippen molar-refractivity contribution in [1.82, 2.24) is 0 Å². The molecule has 0 aromatic carbocycles. The lowest BCUT2D eigenvalue weighted by molar-refractivity contribution is -0.167. The summed E-state index contributed by atoms with van der Waals surface area (Å²) in [4.78, 5) is 38.3. The number of allylic oxidation sites excluding steroid dienone is 6. The number of hydrogen-bond acceptors (Lipinski definition) is 6. The van der Waals surface area contributed by atoms with Crippen LogP contribution in [0.2, 0.25) is 0 Å². The monoisotopic (exact) mass is 1020 g/mol. The highest BCUT2D eigenvalue weighted by Crippen LogP contribution is 2.18. The first-order valence-electron chi connectivity index (χ1n) is 32.5. The van der Waals surface area contributed by atoms with Crippen molar-refractivity contribution in [2.45, 2.75) is 361 Å². The van der Waals surface area contributed by atoms with Crippen LogP contribution in [0.4, 0.5) is 0 Å². The van der Waals surface area contributed by atoms with Crippen molar-refractivity contribution in [3.05, 3.63) is 36.5 Å². The molecule has 0 heterocycles. The van der Waals surface area contributed by atoms with E-state index in [1.165, 1.54) is 244 Å². The van der Waals surface area contributed by atoms with Gasteiger partial charge in [-0.15, -0.1) is 0 Å². The minimum atomic E-state index is -0.770. The second kappa shape index (κ2) is 62.2. The molecule has 0 spiro atoms. The smallest absolute Gasteiger partial charge is 0.306 e. The van der Waals surface area contributed by atoms with Gasteiger partial charge in [-0.1, -0.05) is 314 Å². The van der Waals surface area contributed by atoms with Crippen LogP contribution >= 0.6 is 0 Å². The molecule has 0 aliphatic rings. The molecule has 73 heavy (non-hydrogen) atoms. The predicted molar refractivity (Wildman–Crippen MR) is 316 cm³/mol. The molecule has 0 N–H and O–H groups in total. The minimum Gasteiger partial charge on any atom is -0.462 e. The Kier molecular flexibility index (Phi) is 60.2. The lowest BCUT2D eigenvalue weighted by atomic mass is 10.0. The van der Waals surface area contributed by atoms with E-state index in [0.717, 1.165) is 70.6 Å². The zero-order chi connectivity index (χ0) is 52.9. The normalized spacial score (nSPS) is 12.2. The summed E-state index contributed by atoms with van der Waals surface area (Å²) in [5.41, 5.74) is 0. The van der Waals surface area contributed by atoms with Crippen LogP contribution in [0.3, 0.4) is 0 Å². The van der Waals surface area contributed by atoms with Crippen LogP contribution in [-0.4, -0.2) is 37.2 Å². The Hall–Kier alpha value is -2.37. The Morgan fingerprint density at radius 2 is 0.493 bits per heavy atom. The maximum atomic E-state index is 12.9. The molecule has 6 nitrogen and oxygen atoms in total. The fourth-order valence-electron chi connectivity index (χ4n) is 9.75. The number of carbonyl (C=O) groups excluding carboxylic acids is 3. The standard InChI is InChI=1S/C67H124O6/c1-4-7-10-13-16-19-22-25-28-29-30-31-32-33-34-35-36-37-40-42-45-48-51-54-57-60-66(69)72-63-64(73-67(70)61-58-55-52-49-46-43-39-27-24-21-18-15-12-9-6-3)62-71-65(68)59-56-53-50-47-44-41-38-26-23-20-17-14-11-8-5-2/h22,25,29-30,32-33,64H,4-21,23-24,26-28,31,34-63H2,1-3H3/b25-22-,30-29-,33-32-. The summed E-state index contributed by atoms with van der Waals surface area (Å²) in [7, 11) is 0. The number of rotatable bonds is 60. The van der Waals surface area contributed by atoms with Gasteiger partial charge >= 0.3 is 17.9 Å². The quantitative estimate of drug-likeness (QED) is 0.0261. The molecule has 1 unspecified atom stereocenters. The van der Waals surface area contributed by atoms with Crippen molar-refractivity contribution in [3.8, 4) is 0 Å². The molecule has 0 bridgehead atoms. The Balaban J connectivity index is 4.27. The van der Waals surface area contributed by atoms with Crippen LogP contribution in [0.5, 0.6) is 0 Å². The van der Waals surface area contributed by atoms with E-state index >= 15 is 0 Å². The first-order valence-corrected chi connectivity index (χ1v) is 32.5. The predicted octanol–water partition coefficient (Wildman–Crippen LogP) is 22.0. The number of ether oxygens (including phenoxy) is 3. The molecule has 0 amide bonds. The highest BCUT2D eigenvalue weighted by Gasteiger charge is 2.19. The summed E-state index contributed by atoms with van der Waals surface area (Å²) in [6.45, 7) is 6.69. The van der Waals surface area contributed by atoms with Crippen LogP contribution < -0.4 is 0 Å². The number of carbonyl (C=O) groups is 3. The van der Waals surface area contributed by atoms with Crippen molar-refractivity contribution in [2.75, 3.05) is 13.2 Å². The molecule has 0 aliphatic carbocycles. The van der Waals surface area contributed by atoms with Gasteiger partial charge in [0.05, 0.1) is 0 Å². The highest BCUT2D eigenvalue weighted by atomic mass is 16.6. The summed E-state index contributed by atoms with van der Waals surface area (Å²) in [5.74, 6) is -0.845. The molecule has 0 saturated carbocycles. The summed E-state index contributed by atoms with van der Waals surface area (Å²) < 4.78 is 16.9. The first kappa shape index (κ1) is 70.6. The van der Waals surface area contributed by atoms with Gasteiger partial charge in [-0.25, -0.2) is 0 Å². The zero-order valence-corrected chi connectivity index (χ0v) is 49.2. The topological polar surface area (TPSA) is 78.9 Å². The molecular formula is C67H124O6. The van der Waals surface area contributed by atoms with Gasteiger partial charge < -0.3 is 14.2 Å². The molecule has 0 radical (unpaired) electrons. The third-order valence-corrected chi connectivity index (χ3v) is 14.6. The maximum Gasteiger partial charge on any atom is 0.306 e. The lowest BCUT2D eigenvalue weighted by Gasteiger charge is -2.18. The van der Waals surface area contributed by atoms with Crippen molar-refractivity contribution in [1.29, 1.82) is 0 Å². The van der Waals surface area contributed by atoms with Gasteiger partial charge in [-0.2, -0.15) is 0 Å². The van der Waals surface area contributed by atoms with E-state index in [1.807, 2.05) is 0 Å². The second-order valence-corrected chi connectivity index (χ2v) is 22.0. The third kappa shape index (κ3) is 60.4. The fourth-order valence-corrected chi connectivity index (χ4v) is 9.75. The second-order valence-electron chi connectivity index (χ2n) is 22.0. The van der Waals surface area contributed by atoms with E-state index in [9.17, 15) is 14.4 Å². The summed E-state index contributed by atoms with van der Waals surface area (Å²) in [6.07, 6.45) is 75.7. The minimum absolute atomic E-state index is 0.0673. The van der Waals surface area contributed by atoms with Crippen LogP contribution in [0.1, 0.15) is 355 Å². The van der Waals surface area contributed by atoms with Gasteiger partial charge in [0.25, 0.3) is 0 Å². The number of esters is 3. The van der Waals surface area contributed by atoms with Crippen LogP contribution in [0.25, 0.3) is 0 Å². The van der Waals surface area contributed by atoms with Gasteiger partial charge in [-0.05, 0) is 57.8 Å². The maximum absolute atomic E-state index is 12.9. The Morgan fingerprint density at radius 3 is 0.767 bits per heavy atom. The molecule has 0 aromatic heterocycles. The van der Waals surface area contributed by atoms with Crippen molar-refractivity contribution in [3.63, 3.8) is 0 Å². The average Bonchev–Trinajstić information content (AvgIpc) is 3.39. The molecule has 0 fully saturated rings. The van der Waals surface area contributed by atoms with E-state index in [1.54, 1.807) is 0 Å². The Bertz CT molecular complexity index is 1220. The molecule has 0 saturated heterocycles. The van der Waals surface area contributed by atoms with E-state index < -0.39 is 6.10 Å². The van der Waals surface area contributed by atoms with Gasteiger partial charge in [0.1, 0.15) is 13.2 Å². The molecule has 0 aromatic rings. The van der Waals surface area contributed by atoms with E-state index in [4.69, 9.17) is 14.2 Å². The lowest BCUT2D eigenvalue weighted by Crippen LogP contribution is -2.30. The molecular weight excluding hydrogens is 901 g/mol. The van der Waals surface area contributed by atoms with Crippen molar-refractivity contribution in [2.24, 2.45) is 0 Å². The largest absolute Gasteiger partial charge is 0.462 e. The van der Waals surface area contributed by atoms with E-state index in [-0.39, 0.29) is 31.1 Å². The Labute approximate surface area is 455 Å². The highest BCUT2D eigenvalue weighted by molar-refractivity contribution is 5.71. The van der Waals surface area contributed by atoms with Crippen LogP contribution in [0.15, 0.2) is 36.5 Å². The number of hydrogen-bond donors (Lipinski definition) is 0. The zero-order valence-electron chi connectivity index (χ0n) is 49.2. The molecule has 0 aliphatic heterocycles. The van der Waals surface area contributed by atoms with E-state index in [0.29, 0.717) is 19.3 Å². The third-order valence-electron chi connectivity index (χ3n) is 14.6. The molecule has 0 rings (SSSR count).